The maximum atomic E-state index is 4.42. The van der Waals surface area contributed by atoms with Crippen molar-refractivity contribution in [3.8, 4) is 0 Å². The highest BCUT2D eigenvalue weighted by atomic mass is 79.9. The van der Waals surface area contributed by atoms with Gasteiger partial charge in [0.1, 0.15) is 4.60 Å². The van der Waals surface area contributed by atoms with Gasteiger partial charge in [-0.15, -0.1) is 0 Å². The number of hydrogen-bond donors (Lipinski definition) is 0. The largest absolute Gasteiger partial charge is 0.274 e. The fourth-order valence-corrected chi connectivity index (χ4v) is 2.59. The summed E-state index contributed by atoms with van der Waals surface area (Å²) in [6, 6.07) is 2.17. The summed E-state index contributed by atoms with van der Waals surface area (Å²) >= 11 is 5.03. The van der Waals surface area contributed by atoms with Gasteiger partial charge in [0, 0.05) is 30.1 Å². The zero-order valence-corrected chi connectivity index (χ0v) is 11.1. The minimum atomic E-state index is 0.852. The molecule has 80 valence electrons. The number of rotatable bonds is 3. The molecule has 0 saturated carbocycles. The van der Waals surface area contributed by atoms with Gasteiger partial charge in [-0.3, -0.25) is 4.68 Å². The Hall–Kier alpha value is -0.680. The highest BCUT2D eigenvalue weighted by Crippen LogP contribution is 2.19. The minimum absolute atomic E-state index is 0.852. The Kier molecular flexibility index (Phi) is 3.21. The van der Waals surface area contributed by atoms with Gasteiger partial charge in [-0.05, 0) is 39.9 Å². The first-order valence-corrected chi connectivity index (χ1v) is 6.38. The highest BCUT2D eigenvalue weighted by molar-refractivity contribution is 9.10. The molecule has 2 aromatic heterocycles. The summed E-state index contributed by atoms with van der Waals surface area (Å²) in [5.41, 5.74) is 2.32. The van der Waals surface area contributed by atoms with Crippen LogP contribution in [-0.2, 0) is 19.9 Å². The molecule has 0 N–H and O–H groups in total. The molecule has 2 aromatic rings. The van der Waals surface area contributed by atoms with E-state index in [1.165, 1.54) is 10.4 Å². The molecule has 0 saturated heterocycles. The minimum Gasteiger partial charge on any atom is -0.274 e. The van der Waals surface area contributed by atoms with Crippen LogP contribution in [0, 0.1) is 0 Å². The van der Waals surface area contributed by atoms with E-state index in [0.717, 1.165) is 23.1 Å². The first-order chi connectivity index (χ1) is 7.19. The van der Waals surface area contributed by atoms with Crippen LogP contribution in [0.25, 0.3) is 0 Å². The molecule has 0 amide bonds. The van der Waals surface area contributed by atoms with E-state index in [1.807, 2.05) is 17.9 Å². The number of hydrogen-bond acceptors (Lipinski definition) is 3. The molecule has 2 rings (SSSR count). The van der Waals surface area contributed by atoms with Crippen LogP contribution >= 0.6 is 27.5 Å². The van der Waals surface area contributed by atoms with Gasteiger partial charge in [-0.1, -0.05) is 6.92 Å². The maximum Gasteiger partial charge on any atom is 0.131 e. The molecular weight excluding hydrogens is 274 g/mol. The fraction of sp³-hybridized carbons (Fsp3) is 0.400. The van der Waals surface area contributed by atoms with Crippen LogP contribution in [-0.4, -0.2) is 14.2 Å². The van der Waals surface area contributed by atoms with Gasteiger partial charge in [0.2, 0.25) is 0 Å². The summed E-state index contributed by atoms with van der Waals surface area (Å²) in [6.45, 7) is 2.15. The van der Waals surface area contributed by atoms with Gasteiger partial charge in [0.05, 0.1) is 5.69 Å². The number of halogens is 1. The van der Waals surface area contributed by atoms with Crippen molar-refractivity contribution in [1.29, 1.82) is 0 Å². The molecule has 0 fully saturated rings. The Balaban J connectivity index is 2.17. The van der Waals surface area contributed by atoms with Crippen LogP contribution in [0.2, 0.25) is 0 Å². The van der Waals surface area contributed by atoms with E-state index >= 15 is 0 Å². The number of nitrogens with zero attached hydrogens (tertiary/aromatic N) is 3. The summed E-state index contributed by atoms with van der Waals surface area (Å²) in [5, 5.41) is 4.24. The van der Waals surface area contributed by atoms with E-state index in [9.17, 15) is 0 Å². The second-order valence-electron chi connectivity index (χ2n) is 3.43. The SMILES string of the molecule is CCc1cc(Cc2cn(C)nc2Br)ns1. The van der Waals surface area contributed by atoms with Crippen LogP contribution in [0.1, 0.15) is 23.1 Å². The molecular formula is C10H12BrN3S. The van der Waals surface area contributed by atoms with Gasteiger partial charge >= 0.3 is 0 Å². The van der Waals surface area contributed by atoms with E-state index in [4.69, 9.17) is 0 Å². The van der Waals surface area contributed by atoms with Crippen LogP contribution in [0.5, 0.6) is 0 Å². The van der Waals surface area contributed by atoms with Crippen molar-refractivity contribution < 1.29 is 0 Å². The van der Waals surface area contributed by atoms with Gasteiger partial charge in [-0.25, -0.2) is 0 Å². The Labute approximate surface area is 101 Å². The lowest BCUT2D eigenvalue weighted by Crippen LogP contribution is -1.86. The molecule has 5 heteroatoms. The van der Waals surface area contributed by atoms with Crippen LogP contribution in [0.15, 0.2) is 16.9 Å². The molecule has 0 aromatic carbocycles. The third-order valence-corrected chi connectivity index (χ3v) is 3.82. The Bertz CT molecular complexity index is 461. The lowest BCUT2D eigenvalue weighted by molar-refractivity contribution is 0.760. The smallest absolute Gasteiger partial charge is 0.131 e. The summed E-state index contributed by atoms with van der Waals surface area (Å²) < 4.78 is 7.14. The quantitative estimate of drug-likeness (QED) is 0.868. The fourth-order valence-electron chi connectivity index (χ4n) is 1.43. The monoisotopic (exact) mass is 285 g/mol. The van der Waals surface area contributed by atoms with E-state index in [-0.39, 0.29) is 0 Å². The topological polar surface area (TPSA) is 30.7 Å². The van der Waals surface area contributed by atoms with Crippen molar-refractivity contribution in [3.05, 3.63) is 33.0 Å². The molecule has 3 nitrogen and oxygen atoms in total. The molecule has 0 spiro atoms. The number of aromatic nitrogens is 3. The summed E-state index contributed by atoms with van der Waals surface area (Å²) in [6.07, 6.45) is 3.94. The first-order valence-electron chi connectivity index (χ1n) is 4.81. The first kappa shape index (κ1) is 10.8. The Morgan fingerprint density at radius 2 is 2.33 bits per heavy atom. The normalized spacial score (nSPS) is 10.9. The molecule has 0 bridgehead atoms. The van der Waals surface area contributed by atoms with Crippen LogP contribution in [0.4, 0.5) is 0 Å². The predicted octanol–water partition coefficient (Wildman–Crippen LogP) is 2.79. The highest BCUT2D eigenvalue weighted by Gasteiger charge is 2.08. The zero-order chi connectivity index (χ0) is 10.8. The molecule has 0 radical (unpaired) electrons. The summed E-state index contributed by atoms with van der Waals surface area (Å²) in [4.78, 5) is 1.34. The van der Waals surface area contributed by atoms with Crippen LogP contribution < -0.4 is 0 Å². The van der Waals surface area contributed by atoms with Crippen molar-refractivity contribution in [3.63, 3.8) is 0 Å². The third kappa shape index (κ3) is 2.46. The summed E-state index contributed by atoms with van der Waals surface area (Å²) in [7, 11) is 1.92. The van der Waals surface area contributed by atoms with Gasteiger partial charge in [0.15, 0.2) is 0 Å². The number of aryl methyl sites for hydroxylation is 2. The van der Waals surface area contributed by atoms with E-state index in [0.29, 0.717) is 0 Å². The molecule has 15 heavy (non-hydrogen) atoms. The molecule has 0 aliphatic carbocycles. The summed E-state index contributed by atoms with van der Waals surface area (Å²) in [5.74, 6) is 0. The van der Waals surface area contributed by atoms with Crippen molar-refractivity contribution in [1.82, 2.24) is 14.2 Å². The van der Waals surface area contributed by atoms with Crippen LogP contribution in [0.3, 0.4) is 0 Å². The Morgan fingerprint density at radius 1 is 1.53 bits per heavy atom. The van der Waals surface area contributed by atoms with Crippen molar-refractivity contribution in [2.75, 3.05) is 0 Å². The second kappa shape index (κ2) is 4.45. The van der Waals surface area contributed by atoms with Crippen molar-refractivity contribution >= 4 is 27.5 Å². The van der Waals surface area contributed by atoms with E-state index in [1.54, 1.807) is 11.5 Å². The third-order valence-electron chi connectivity index (χ3n) is 2.18. The van der Waals surface area contributed by atoms with E-state index < -0.39 is 0 Å². The average Bonchev–Trinajstić information content (AvgIpc) is 2.75. The molecule has 0 atom stereocenters. The van der Waals surface area contributed by atoms with Gasteiger partial charge in [0.25, 0.3) is 0 Å². The maximum absolute atomic E-state index is 4.42. The zero-order valence-electron chi connectivity index (χ0n) is 8.70. The molecule has 0 unspecified atom stereocenters. The molecule has 0 aliphatic rings. The second-order valence-corrected chi connectivity index (χ2v) is 5.07. The Morgan fingerprint density at radius 3 is 2.87 bits per heavy atom. The lowest BCUT2D eigenvalue weighted by atomic mass is 10.2. The molecule has 0 aliphatic heterocycles. The van der Waals surface area contributed by atoms with Gasteiger partial charge in [-0.2, -0.15) is 9.47 Å². The lowest BCUT2D eigenvalue weighted by Gasteiger charge is -1.92. The van der Waals surface area contributed by atoms with Crippen molar-refractivity contribution in [2.24, 2.45) is 7.05 Å². The predicted molar refractivity (Wildman–Crippen MR) is 65.2 cm³/mol. The van der Waals surface area contributed by atoms with E-state index in [2.05, 4.69) is 38.4 Å². The average molecular weight is 286 g/mol. The van der Waals surface area contributed by atoms with Gasteiger partial charge < -0.3 is 0 Å². The standard InChI is InChI=1S/C10H12BrN3S/c1-3-9-5-8(13-15-9)4-7-6-14(2)12-10(7)11/h5-6H,3-4H2,1-2H3. The van der Waals surface area contributed by atoms with Crippen molar-refractivity contribution in [2.45, 2.75) is 19.8 Å². The molecule has 2 heterocycles.